The molecule has 0 aliphatic carbocycles. The molecule has 0 saturated heterocycles. The molecule has 0 saturated carbocycles. The van der Waals surface area contributed by atoms with Crippen molar-refractivity contribution in [3.63, 3.8) is 0 Å². The lowest BCUT2D eigenvalue weighted by Crippen LogP contribution is -2.04. The van der Waals surface area contributed by atoms with Gasteiger partial charge in [0.05, 0.1) is 12.0 Å². The lowest BCUT2D eigenvalue weighted by Gasteiger charge is -2.07. The van der Waals surface area contributed by atoms with E-state index in [2.05, 4.69) is 12.6 Å². The third-order valence-electron chi connectivity index (χ3n) is 2.16. The van der Waals surface area contributed by atoms with E-state index in [4.69, 9.17) is 10.4 Å². The topological polar surface area (TPSA) is 61.1 Å². The van der Waals surface area contributed by atoms with Crippen LogP contribution in [-0.4, -0.2) is 11.1 Å². The molecule has 0 atom stereocenters. The zero-order chi connectivity index (χ0) is 11.4. The summed E-state index contributed by atoms with van der Waals surface area (Å²) in [6, 6.07) is 5.36. The highest BCUT2D eigenvalue weighted by molar-refractivity contribution is 7.80. The number of aliphatic carboxylic acids is 1. The number of nitriles is 1. The Morgan fingerprint density at radius 2 is 2.20 bits per heavy atom. The van der Waals surface area contributed by atoms with E-state index in [1.54, 1.807) is 12.1 Å². The van der Waals surface area contributed by atoms with Crippen molar-refractivity contribution in [3.05, 3.63) is 28.8 Å². The van der Waals surface area contributed by atoms with Crippen LogP contribution >= 0.6 is 12.6 Å². The molecule has 1 aromatic rings. The number of carboxylic acid groups (broad SMARTS) is 1. The van der Waals surface area contributed by atoms with Gasteiger partial charge in [-0.3, -0.25) is 4.79 Å². The first-order valence-corrected chi connectivity index (χ1v) is 4.99. The number of benzene rings is 1. The van der Waals surface area contributed by atoms with Crippen molar-refractivity contribution in [1.82, 2.24) is 0 Å². The van der Waals surface area contributed by atoms with Gasteiger partial charge in [-0.15, -0.1) is 12.6 Å². The Hall–Kier alpha value is -1.47. The fourth-order valence-corrected chi connectivity index (χ4v) is 1.69. The Morgan fingerprint density at radius 3 is 2.67 bits per heavy atom. The number of carbonyl (C=O) groups is 1. The molecule has 0 spiro atoms. The predicted molar refractivity (Wildman–Crippen MR) is 59.1 cm³/mol. The quantitative estimate of drug-likeness (QED) is 0.768. The van der Waals surface area contributed by atoms with Crippen LogP contribution in [0.15, 0.2) is 17.0 Å². The minimum Gasteiger partial charge on any atom is -0.481 e. The highest BCUT2D eigenvalue weighted by atomic mass is 32.1. The summed E-state index contributed by atoms with van der Waals surface area (Å²) in [5, 5.41) is 17.5. The molecule has 0 bridgehead atoms. The van der Waals surface area contributed by atoms with Gasteiger partial charge in [-0.1, -0.05) is 6.92 Å². The first-order chi connectivity index (χ1) is 7.08. The smallest absolute Gasteiger partial charge is 0.307 e. The summed E-state index contributed by atoms with van der Waals surface area (Å²) in [4.78, 5) is 11.2. The molecule has 0 fully saturated rings. The Morgan fingerprint density at radius 1 is 1.53 bits per heavy atom. The number of thiol groups is 1. The summed E-state index contributed by atoms with van der Waals surface area (Å²) in [5.74, 6) is -0.888. The Kier molecular flexibility index (Phi) is 3.75. The summed E-state index contributed by atoms with van der Waals surface area (Å²) in [7, 11) is 0. The molecule has 3 nitrogen and oxygen atoms in total. The highest BCUT2D eigenvalue weighted by Crippen LogP contribution is 2.20. The number of hydrogen-bond acceptors (Lipinski definition) is 3. The number of hydrogen-bond donors (Lipinski definition) is 2. The van der Waals surface area contributed by atoms with Crippen molar-refractivity contribution in [2.45, 2.75) is 24.7 Å². The summed E-state index contributed by atoms with van der Waals surface area (Å²) >= 11 is 4.17. The number of carboxylic acids is 1. The molecule has 4 heteroatoms. The van der Waals surface area contributed by atoms with Gasteiger partial charge in [-0.25, -0.2) is 0 Å². The van der Waals surface area contributed by atoms with E-state index in [0.29, 0.717) is 16.0 Å². The van der Waals surface area contributed by atoms with Crippen LogP contribution < -0.4 is 0 Å². The van der Waals surface area contributed by atoms with Crippen LogP contribution in [0.3, 0.4) is 0 Å². The van der Waals surface area contributed by atoms with E-state index >= 15 is 0 Å². The average Bonchev–Trinajstić information content (AvgIpc) is 2.19. The normalized spacial score (nSPS) is 9.67. The third kappa shape index (κ3) is 2.74. The van der Waals surface area contributed by atoms with Crippen molar-refractivity contribution in [1.29, 1.82) is 5.26 Å². The minimum absolute atomic E-state index is 0.0497. The van der Waals surface area contributed by atoms with Gasteiger partial charge in [0.2, 0.25) is 0 Å². The molecule has 0 heterocycles. The lowest BCUT2D eigenvalue weighted by atomic mass is 10.00. The molecule has 78 valence electrons. The summed E-state index contributed by atoms with van der Waals surface area (Å²) < 4.78 is 0. The van der Waals surface area contributed by atoms with Crippen LogP contribution in [0.1, 0.15) is 23.6 Å². The predicted octanol–water partition coefficient (Wildman–Crippen LogP) is 2.04. The largest absolute Gasteiger partial charge is 0.481 e. The molecule has 0 radical (unpaired) electrons. The Bertz CT molecular complexity index is 435. The average molecular weight is 221 g/mol. The third-order valence-corrected chi connectivity index (χ3v) is 2.53. The highest BCUT2D eigenvalue weighted by Gasteiger charge is 2.09. The van der Waals surface area contributed by atoms with E-state index in [-0.39, 0.29) is 6.42 Å². The molecule has 1 rings (SSSR count). The lowest BCUT2D eigenvalue weighted by molar-refractivity contribution is -0.136. The van der Waals surface area contributed by atoms with E-state index in [0.717, 1.165) is 12.0 Å². The van der Waals surface area contributed by atoms with Gasteiger partial charge in [0.15, 0.2) is 0 Å². The zero-order valence-electron chi connectivity index (χ0n) is 8.32. The molecule has 1 N–H and O–H groups in total. The van der Waals surface area contributed by atoms with Crippen LogP contribution in [-0.2, 0) is 17.6 Å². The first-order valence-electron chi connectivity index (χ1n) is 4.55. The van der Waals surface area contributed by atoms with E-state index in [1.807, 2.05) is 13.0 Å². The monoisotopic (exact) mass is 221 g/mol. The van der Waals surface area contributed by atoms with Crippen LogP contribution in [0.25, 0.3) is 0 Å². The Labute approximate surface area is 93.8 Å². The second kappa shape index (κ2) is 4.85. The molecule has 15 heavy (non-hydrogen) atoms. The fraction of sp³-hybridized carbons (Fsp3) is 0.273. The fourth-order valence-electron chi connectivity index (χ4n) is 1.42. The summed E-state index contributed by atoms with van der Waals surface area (Å²) in [6.07, 6.45) is 0.688. The molecule has 1 aromatic carbocycles. The van der Waals surface area contributed by atoms with Gasteiger partial charge >= 0.3 is 5.97 Å². The van der Waals surface area contributed by atoms with Crippen LogP contribution in [0.5, 0.6) is 0 Å². The van der Waals surface area contributed by atoms with Crippen molar-refractivity contribution >= 4 is 18.6 Å². The van der Waals surface area contributed by atoms with Crippen LogP contribution in [0.4, 0.5) is 0 Å². The number of aryl methyl sites for hydroxylation is 1. The number of nitrogens with zero attached hydrogens (tertiary/aromatic N) is 1. The SMILES string of the molecule is CCc1cc(S)c(C#N)cc1CC(=O)O. The van der Waals surface area contributed by atoms with Gasteiger partial charge in [-0.05, 0) is 29.7 Å². The van der Waals surface area contributed by atoms with Gasteiger partial charge < -0.3 is 5.11 Å². The second-order valence-electron chi connectivity index (χ2n) is 3.17. The summed E-state index contributed by atoms with van der Waals surface area (Å²) in [5.41, 5.74) is 2.05. The molecular formula is C11H11NO2S. The maximum atomic E-state index is 10.6. The van der Waals surface area contributed by atoms with Gasteiger partial charge in [0.25, 0.3) is 0 Å². The van der Waals surface area contributed by atoms with Gasteiger partial charge in [0, 0.05) is 4.90 Å². The molecule has 0 amide bonds. The second-order valence-corrected chi connectivity index (χ2v) is 3.66. The molecular weight excluding hydrogens is 210 g/mol. The van der Waals surface area contributed by atoms with Crippen molar-refractivity contribution in [2.75, 3.05) is 0 Å². The maximum absolute atomic E-state index is 10.6. The molecule has 0 aliphatic heterocycles. The summed E-state index contributed by atoms with van der Waals surface area (Å²) in [6.45, 7) is 1.94. The van der Waals surface area contributed by atoms with Crippen LogP contribution in [0.2, 0.25) is 0 Å². The minimum atomic E-state index is -0.888. The van der Waals surface area contributed by atoms with Crippen LogP contribution in [0, 0.1) is 11.3 Å². The van der Waals surface area contributed by atoms with Gasteiger partial charge in [0.1, 0.15) is 6.07 Å². The van der Waals surface area contributed by atoms with Gasteiger partial charge in [-0.2, -0.15) is 5.26 Å². The molecule has 0 aromatic heterocycles. The van der Waals surface area contributed by atoms with E-state index < -0.39 is 5.97 Å². The maximum Gasteiger partial charge on any atom is 0.307 e. The zero-order valence-corrected chi connectivity index (χ0v) is 9.21. The van der Waals surface area contributed by atoms with Crippen molar-refractivity contribution in [2.24, 2.45) is 0 Å². The Balaban J connectivity index is 3.23. The first kappa shape index (κ1) is 11.6. The standard InChI is InChI=1S/C11H11NO2S/c1-2-7-4-10(15)9(6-12)3-8(7)5-11(13)14/h3-4,15H,2,5H2,1H3,(H,13,14). The van der Waals surface area contributed by atoms with E-state index in [9.17, 15) is 4.79 Å². The van der Waals surface area contributed by atoms with Crippen molar-refractivity contribution < 1.29 is 9.90 Å². The number of rotatable bonds is 3. The van der Waals surface area contributed by atoms with Crippen molar-refractivity contribution in [3.8, 4) is 6.07 Å². The molecule has 0 aliphatic rings. The van der Waals surface area contributed by atoms with E-state index in [1.165, 1.54) is 0 Å². The molecule has 0 unspecified atom stereocenters.